The quantitative estimate of drug-likeness (QED) is 0.859. The van der Waals surface area contributed by atoms with E-state index in [1.807, 2.05) is 31.2 Å². The second-order valence-electron chi connectivity index (χ2n) is 5.71. The smallest absolute Gasteiger partial charge is 0.198 e. The Kier molecular flexibility index (Phi) is 3.88. The van der Waals surface area contributed by atoms with Crippen LogP contribution in [0.5, 0.6) is 0 Å². The van der Waals surface area contributed by atoms with E-state index in [1.165, 1.54) is 19.3 Å². The van der Waals surface area contributed by atoms with Crippen molar-refractivity contribution in [2.45, 2.75) is 45.1 Å². The first-order chi connectivity index (χ1) is 9.74. The van der Waals surface area contributed by atoms with Crippen molar-refractivity contribution < 1.29 is 9.21 Å². The number of Topliss-reactive ketones (excluding diaryl/α,β-unsaturated/α-hetero) is 1. The fourth-order valence-corrected chi connectivity index (χ4v) is 2.95. The molecule has 2 heterocycles. The van der Waals surface area contributed by atoms with E-state index in [2.05, 4.69) is 5.32 Å². The molecule has 1 unspecified atom stereocenters. The summed E-state index contributed by atoms with van der Waals surface area (Å²) < 4.78 is 5.73. The van der Waals surface area contributed by atoms with Crippen molar-refractivity contribution in [2.24, 2.45) is 0 Å². The van der Waals surface area contributed by atoms with E-state index < -0.39 is 0 Å². The average molecular weight is 271 g/mol. The lowest BCUT2D eigenvalue weighted by Crippen LogP contribution is -2.34. The van der Waals surface area contributed by atoms with Crippen LogP contribution in [-0.2, 0) is 0 Å². The number of ketones is 1. The summed E-state index contributed by atoms with van der Waals surface area (Å²) >= 11 is 0. The molecule has 20 heavy (non-hydrogen) atoms. The van der Waals surface area contributed by atoms with Crippen LogP contribution in [0, 0.1) is 6.92 Å². The Morgan fingerprint density at radius 3 is 3.05 bits per heavy atom. The number of carbonyl (C=O) groups excluding carboxylic acids is 1. The lowest BCUT2D eigenvalue weighted by molar-refractivity contribution is 0.0949. The molecule has 1 aliphatic rings. The normalized spacial score (nSPS) is 19.4. The number of piperidine rings is 1. The van der Waals surface area contributed by atoms with Crippen molar-refractivity contribution in [1.82, 2.24) is 5.32 Å². The van der Waals surface area contributed by atoms with Crippen molar-refractivity contribution in [3.05, 3.63) is 35.6 Å². The van der Waals surface area contributed by atoms with E-state index >= 15 is 0 Å². The maximum Gasteiger partial charge on any atom is 0.198 e. The molecule has 1 fully saturated rings. The standard InChI is InChI=1S/C17H21NO2/c1-12-5-4-6-13-11-16(20-17(12)13)15(19)9-8-14-7-2-3-10-18-14/h4-6,11,14,18H,2-3,7-10H2,1H3. The zero-order chi connectivity index (χ0) is 13.9. The van der Waals surface area contributed by atoms with Crippen molar-refractivity contribution >= 4 is 16.8 Å². The van der Waals surface area contributed by atoms with Gasteiger partial charge >= 0.3 is 0 Å². The van der Waals surface area contributed by atoms with Crippen molar-refractivity contribution in [3.8, 4) is 0 Å². The minimum atomic E-state index is 0.118. The number of carbonyl (C=O) groups is 1. The van der Waals surface area contributed by atoms with Gasteiger partial charge in [0, 0.05) is 17.8 Å². The van der Waals surface area contributed by atoms with Gasteiger partial charge in [0.25, 0.3) is 0 Å². The minimum Gasteiger partial charge on any atom is -0.453 e. The van der Waals surface area contributed by atoms with Gasteiger partial charge in [-0.1, -0.05) is 24.6 Å². The highest BCUT2D eigenvalue weighted by atomic mass is 16.3. The van der Waals surface area contributed by atoms with Crippen LogP contribution in [0.4, 0.5) is 0 Å². The zero-order valence-corrected chi connectivity index (χ0v) is 11.9. The van der Waals surface area contributed by atoms with Gasteiger partial charge in [-0.25, -0.2) is 0 Å². The Morgan fingerprint density at radius 2 is 2.30 bits per heavy atom. The highest BCUT2D eigenvalue weighted by Crippen LogP contribution is 2.24. The molecule has 2 aromatic rings. The Hall–Kier alpha value is -1.61. The molecule has 0 amide bonds. The Balaban J connectivity index is 1.67. The molecule has 1 aromatic carbocycles. The summed E-state index contributed by atoms with van der Waals surface area (Å²) in [6.07, 6.45) is 5.20. The van der Waals surface area contributed by atoms with E-state index in [1.54, 1.807) is 0 Å². The van der Waals surface area contributed by atoms with Crippen LogP contribution in [0.25, 0.3) is 11.0 Å². The summed E-state index contributed by atoms with van der Waals surface area (Å²) in [6.45, 7) is 3.09. The van der Waals surface area contributed by atoms with Crippen molar-refractivity contribution in [2.75, 3.05) is 6.54 Å². The third-order valence-corrected chi connectivity index (χ3v) is 4.15. The number of fused-ring (bicyclic) bond motifs is 1. The minimum absolute atomic E-state index is 0.118. The number of rotatable bonds is 4. The SMILES string of the molecule is Cc1cccc2cc(C(=O)CCC3CCCCN3)oc12. The predicted molar refractivity (Wildman–Crippen MR) is 80.2 cm³/mol. The van der Waals surface area contributed by atoms with Gasteiger partial charge in [-0.3, -0.25) is 4.79 Å². The van der Waals surface area contributed by atoms with Gasteiger partial charge in [0.2, 0.25) is 0 Å². The number of para-hydroxylation sites is 1. The molecule has 1 saturated heterocycles. The summed E-state index contributed by atoms with van der Waals surface area (Å²) in [7, 11) is 0. The van der Waals surface area contributed by atoms with Crippen LogP contribution in [0.2, 0.25) is 0 Å². The molecule has 0 aliphatic carbocycles. The van der Waals surface area contributed by atoms with E-state index in [4.69, 9.17) is 4.42 Å². The highest BCUT2D eigenvalue weighted by molar-refractivity contribution is 5.98. The molecule has 3 rings (SSSR count). The number of benzene rings is 1. The first kappa shape index (κ1) is 13.4. The van der Waals surface area contributed by atoms with Crippen LogP contribution in [0.15, 0.2) is 28.7 Å². The summed E-state index contributed by atoms with van der Waals surface area (Å²) in [5, 5.41) is 4.50. The molecule has 0 saturated carbocycles. The Labute approximate surface area is 119 Å². The molecule has 3 nitrogen and oxygen atoms in total. The summed E-state index contributed by atoms with van der Waals surface area (Å²) in [5.41, 5.74) is 1.92. The van der Waals surface area contributed by atoms with E-state index in [9.17, 15) is 4.79 Å². The monoisotopic (exact) mass is 271 g/mol. The Morgan fingerprint density at radius 1 is 1.40 bits per heavy atom. The second-order valence-corrected chi connectivity index (χ2v) is 5.71. The molecular formula is C17H21NO2. The molecule has 1 atom stereocenters. The van der Waals surface area contributed by atoms with Gasteiger partial charge in [0.05, 0.1) is 0 Å². The first-order valence-corrected chi connectivity index (χ1v) is 7.50. The molecule has 0 radical (unpaired) electrons. The summed E-state index contributed by atoms with van der Waals surface area (Å²) in [5.74, 6) is 0.623. The van der Waals surface area contributed by atoms with Crippen LogP contribution < -0.4 is 5.32 Å². The van der Waals surface area contributed by atoms with E-state index in [0.29, 0.717) is 18.2 Å². The molecular weight excluding hydrogens is 250 g/mol. The predicted octanol–water partition coefficient (Wildman–Crippen LogP) is 3.85. The largest absolute Gasteiger partial charge is 0.453 e. The maximum atomic E-state index is 12.2. The van der Waals surface area contributed by atoms with Gasteiger partial charge in [0.1, 0.15) is 5.58 Å². The molecule has 0 bridgehead atoms. The lowest BCUT2D eigenvalue weighted by Gasteiger charge is -2.22. The molecule has 106 valence electrons. The number of aryl methyl sites for hydroxylation is 1. The van der Waals surface area contributed by atoms with E-state index in [-0.39, 0.29) is 5.78 Å². The van der Waals surface area contributed by atoms with Crippen molar-refractivity contribution in [3.63, 3.8) is 0 Å². The lowest BCUT2D eigenvalue weighted by atomic mass is 9.99. The topological polar surface area (TPSA) is 42.2 Å². The summed E-state index contributed by atoms with van der Waals surface area (Å²) in [4.78, 5) is 12.2. The maximum absolute atomic E-state index is 12.2. The number of nitrogens with one attached hydrogen (secondary N) is 1. The second kappa shape index (κ2) is 5.80. The number of hydrogen-bond acceptors (Lipinski definition) is 3. The third kappa shape index (κ3) is 2.78. The van der Waals surface area contributed by atoms with Gasteiger partial charge in [-0.2, -0.15) is 0 Å². The average Bonchev–Trinajstić information content (AvgIpc) is 2.91. The molecule has 3 heteroatoms. The van der Waals surface area contributed by atoms with Crippen LogP contribution in [0.1, 0.15) is 48.2 Å². The van der Waals surface area contributed by atoms with Gasteiger partial charge < -0.3 is 9.73 Å². The summed E-state index contributed by atoms with van der Waals surface area (Å²) in [6, 6.07) is 8.36. The zero-order valence-electron chi connectivity index (χ0n) is 11.9. The molecule has 0 spiro atoms. The fourth-order valence-electron chi connectivity index (χ4n) is 2.95. The third-order valence-electron chi connectivity index (χ3n) is 4.15. The van der Waals surface area contributed by atoms with Gasteiger partial charge in [0.15, 0.2) is 11.5 Å². The van der Waals surface area contributed by atoms with Crippen LogP contribution in [0.3, 0.4) is 0 Å². The van der Waals surface area contributed by atoms with Crippen LogP contribution >= 0.6 is 0 Å². The number of furan rings is 1. The highest BCUT2D eigenvalue weighted by Gasteiger charge is 2.17. The molecule has 1 aliphatic heterocycles. The van der Waals surface area contributed by atoms with Crippen LogP contribution in [-0.4, -0.2) is 18.4 Å². The Bertz CT molecular complexity index is 608. The first-order valence-electron chi connectivity index (χ1n) is 7.50. The van der Waals surface area contributed by atoms with Crippen molar-refractivity contribution in [1.29, 1.82) is 0 Å². The number of hydrogen-bond donors (Lipinski definition) is 1. The molecule has 1 N–H and O–H groups in total. The van der Waals surface area contributed by atoms with Gasteiger partial charge in [-0.15, -0.1) is 0 Å². The molecule has 1 aromatic heterocycles. The fraction of sp³-hybridized carbons (Fsp3) is 0.471. The van der Waals surface area contributed by atoms with Gasteiger partial charge in [-0.05, 0) is 44.4 Å². The van der Waals surface area contributed by atoms with E-state index in [0.717, 1.165) is 29.5 Å².